The van der Waals surface area contributed by atoms with Gasteiger partial charge in [0.25, 0.3) is 5.60 Å². The number of hydrogen-bond donors (Lipinski definition) is 1. The number of ether oxygens (including phenoxy) is 1. The largest absolute Gasteiger partial charge is 0.458 e. The van der Waals surface area contributed by atoms with Crippen molar-refractivity contribution in [3.63, 3.8) is 0 Å². The number of hydrogen-bond acceptors (Lipinski definition) is 3. The summed E-state index contributed by atoms with van der Waals surface area (Å²) in [4.78, 5) is 12.0. The molecule has 2 rings (SSSR count). The quantitative estimate of drug-likeness (QED) is 0.482. The third-order valence-corrected chi connectivity index (χ3v) is 4.54. The smallest absolute Gasteiger partial charge is 0.430 e. The predicted octanol–water partition coefficient (Wildman–Crippen LogP) is 3.38. The highest BCUT2D eigenvalue weighted by Gasteiger charge is 2.75. The molecule has 0 aromatic heterocycles. The molecule has 1 saturated carbocycles. The van der Waals surface area contributed by atoms with Crippen LogP contribution in [-0.2, 0) is 9.53 Å². The van der Waals surface area contributed by atoms with Crippen molar-refractivity contribution in [2.75, 3.05) is 0 Å². The number of esters is 1. The van der Waals surface area contributed by atoms with Crippen molar-refractivity contribution < 1.29 is 41.0 Å². The molecule has 0 radical (unpaired) electrons. The van der Waals surface area contributed by atoms with Gasteiger partial charge >= 0.3 is 18.3 Å². The Labute approximate surface area is 128 Å². The van der Waals surface area contributed by atoms with Gasteiger partial charge in [-0.25, -0.2) is 0 Å². The standard InChI is InChI=1S/C14H16F6O3/c1-2-10(12(22,13(15,16)17)14(18,19)20)23-11(21)9-6-7-3-4-8(9)5-7/h3-4,7-10,22H,2,5-6H2,1H3. The van der Waals surface area contributed by atoms with E-state index in [4.69, 9.17) is 0 Å². The average molecular weight is 346 g/mol. The van der Waals surface area contributed by atoms with Gasteiger partial charge in [-0.1, -0.05) is 19.1 Å². The fourth-order valence-corrected chi connectivity index (χ4v) is 3.27. The van der Waals surface area contributed by atoms with Crippen LogP contribution in [0.15, 0.2) is 12.2 Å². The molecule has 132 valence electrons. The number of halogens is 6. The second-order valence-corrected chi connectivity index (χ2v) is 5.98. The van der Waals surface area contributed by atoms with Crippen LogP contribution in [0.25, 0.3) is 0 Å². The van der Waals surface area contributed by atoms with E-state index >= 15 is 0 Å². The summed E-state index contributed by atoms with van der Waals surface area (Å²) in [5.74, 6) is -2.01. The third-order valence-electron chi connectivity index (χ3n) is 4.54. The molecule has 2 aliphatic carbocycles. The predicted molar refractivity (Wildman–Crippen MR) is 66.1 cm³/mol. The van der Waals surface area contributed by atoms with Crippen LogP contribution in [0.3, 0.4) is 0 Å². The third kappa shape index (κ3) is 2.95. The first kappa shape index (κ1) is 18.1. The first-order valence-electron chi connectivity index (χ1n) is 7.16. The van der Waals surface area contributed by atoms with E-state index in [-0.39, 0.29) is 11.8 Å². The summed E-state index contributed by atoms with van der Waals surface area (Å²) < 4.78 is 81.5. The van der Waals surface area contributed by atoms with Crippen LogP contribution in [-0.4, -0.2) is 35.1 Å². The van der Waals surface area contributed by atoms with Gasteiger partial charge in [-0.05, 0) is 31.1 Å². The summed E-state index contributed by atoms with van der Waals surface area (Å²) >= 11 is 0. The zero-order valence-electron chi connectivity index (χ0n) is 12.1. The highest BCUT2D eigenvalue weighted by molar-refractivity contribution is 5.74. The molecule has 0 amide bonds. The number of rotatable bonds is 4. The van der Waals surface area contributed by atoms with Crippen LogP contribution in [0.2, 0.25) is 0 Å². The minimum absolute atomic E-state index is 0.0988. The van der Waals surface area contributed by atoms with Crippen molar-refractivity contribution in [3.05, 3.63) is 12.2 Å². The van der Waals surface area contributed by atoms with Crippen molar-refractivity contribution in [1.29, 1.82) is 0 Å². The molecular formula is C14H16F6O3. The molecule has 0 aromatic carbocycles. The normalized spacial score (nSPS) is 29.0. The summed E-state index contributed by atoms with van der Waals surface area (Å²) in [5.41, 5.74) is -5.09. The molecule has 0 saturated heterocycles. The Bertz CT molecular complexity index is 482. The van der Waals surface area contributed by atoms with Crippen LogP contribution in [0.1, 0.15) is 26.2 Å². The van der Waals surface area contributed by atoms with Crippen LogP contribution >= 0.6 is 0 Å². The summed E-state index contributed by atoms with van der Waals surface area (Å²) in [5, 5.41) is 9.33. The highest BCUT2D eigenvalue weighted by Crippen LogP contribution is 2.48. The number of aliphatic hydroxyl groups is 1. The molecule has 0 heterocycles. The number of allylic oxidation sites excluding steroid dienone is 2. The first-order chi connectivity index (χ1) is 10.4. The van der Waals surface area contributed by atoms with E-state index in [0.717, 1.165) is 6.92 Å². The zero-order chi connectivity index (χ0) is 17.6. The van der Waals surface area contributed by atoms with E-state index in [1.807, 2.05) is 6.08 Å². The molecular weight excluding hydrogens is 330 g/mol. The van der Waals surface area contributed by atoms with Gasteiger partial charge in [-0.2, -0.15) is 26.3 Å². The molecule has 1 fully saturated rings. The summed E-state index contributed by atoms with van der Waals surface area (Å²) in [7, 11) is 0. The second-order valence-electron chi connectivity index (χ2n) is 5.98. The van der Waals surface area contributed by atoms with Crippen molar-refractivity contribution in [3.8, 4) is 0 Å². The van der Waals surface area contributed by atoms with Crippen LogP contribution in [0, 0.1) is 17.8 Å². The molecule has 2 aliphatic rings. The lowest BCUT2D eigenvalue weighted by Crippen LogP contribution is -2.65. The molecule has 23 heavy (non-hydrogen) atoms. The molecule has 9 heteroatoms. The Morgan fingerprint density at radius 1 is 1.17 bits per heavy atom. The number of fused-ring (bicyclic) bond motifs is 2. The van der Waals surface area contributed by atoms with E-state index < -0.39 is 42.4 Å². The van der Waals surface area contributed by atoms with Crippen molar-refractivity contribution in [2.45, 2.75) is 50.2 Å². The van der Waals surface area contributed by atoms with E-state index in [2.05, 4.69) is 4.74 Å². The van der Waals surface area contributed by atoms with Gasteiger partial charge in [-0.3, -0.25) is 4.79 Å². The van der Waals surface area contributed by atoms with Gasteiger partial charge in [0.1, 0.15) is 6.10 Å². The van der Waals surface area contributed by atoms with Gasteiger partial charge in [-0.15, -0.1) is 0 Å². The first-order valence-corrected chi connectivity index (χ1v) is 7.16. The van der Waals surface area contributed by atoms with Crippen LogP contribution in [0.5, 0.6) is 0 Å². The molecule has 0 aliphatic heterocycles. The lowest BCUT2D eigenvalue weighted by atomic mass is 9.91. The van der Waals surface area contributed by atoms with Gasteiger partial charge in [0.2, 0.25) is 0 Å². The number of carbonyl (C=O) groups is 1. The molecule has 0 spiro atoms. The number of alkyl halides is 6. The topological polar surface area (TPSA) is 46.5 Å². The van der Waals surface area contributed by atoms with E-state index in [1.54, 1.807) is 6.08 Å². The molecule has 3 nitrogen and oxygen atoms in total. The van der Waals surface area contributed by atoms with Crippen molar-refractivity contribution >= 4 is 5.97 Å². The van der Waals surface area contributed by atoms with E-state index in [1.165, 1.54) is 0 Å². The Morgan fingerprint density at radius 3 is 2.09 bits per heavy atom. The Hall–Kier alpha value is -1.25. The Kier molecular flexibility index (Phi) is 4.47. The van der Waals surface area contributed by atoms with Gasteiger partial charge in [0, 0.05) is 0 Å². The van der Waals surface area contributed by atoms with Gasteiger partial charge in [0.05, 0.1) is 5.92 Å². The lowest BCUT2D eigenvalue weighted by molar-refractivity contribution is -0.391. The second kappa shape index (κ2) is 5.68. The van der Waals surface area contributed by atoms with Gasteiger partial charge in [0.15, 0.2) is 0 Å². The van der Waals surface area contributed by atoms with E-state index in [9.17, 15) is 36.2 Å². The van der Waals surface area contributed by atoms with Crippen molar-refractivity contribution in [1.82, 2.24) is 0 Å². The molecule has 2 bridgehead atoms. The van der Waals surface area contributed by atoms with Crippen molar-refractivity contribution in [2.24, 2.45) is 17.8 Å². The molecule has 4 atom stereocenters. The Morgan fingerprint density at radius 2 is 1.74 bits per heavy atom. The SMILES string of the molecule is CCC(OC(=O)C1CC2C=CC1C2)C(O)(C(F)(F)F)C(F)(F)F. The van der Waals surface area contributed by atoms with Gasteiger partial charge < -0.3 is 9.84 Å². The highest BCUT2D eigenvalue weighted by atomic mass is 19.4. The molecule has 4 unspecified atom stereocenters. The van der Waals surface area contributed by atoms with Crippen LogP contribution in [0.4, 0.5) is 26.3 Å². The maximum absolute atomic E-state index is 12.8. The monoisotopic (exact) mass is 346 g/mol. The van der Waals surface area contributed by atoms with E-state index in [0.29, 0.717) is 12.8 Å². The fourth-order valence-electron chi connectivity index (χ4n) is 3.27. The van der Waals surface area contributed by atoms with Crippen LogP contribution < -0.4 is 0 Å². The summed E-state index contributed by atoms with van der Waals surface area (Å²) in [6.45, 7) is 0.987. The minimum Gasteiger partial charge on any atom is -0.458 e. The summed E-state index contributed by atoms with van der Waals surface area (Å²) in [6, 6.07) is 0. The Balaban J connectivity index is 2.20. The zero-order valence-corrected chi connectivity index (χ0v) is 12.1. The molecule has 1 N–H and O–H groups in total. The maximum Gasteiger partial charge on any atom is 0.430 e. The fraction of sp³-hybridized carbons (Fsp3) is 0.786. The minimum atomic E-state index is -6.01. The average Bonchev–Trinajstić information content (AvgIpc) is 3.03. The maximum atomic E-state index is 12.8. The molecule has 0 aromatic rings. The number of carbonyl (C=O) groups excluding carboxylic acids is 1. The lowest BCUT2D eigenvalue weighted by Gasteiger charge is -2.38. The summed E-state index contributed by atoms with van der Waals surface area (Å²) in [6.07, 6.45) is -11.0.